The molecule has 1 fully saturated rings. The first-order valence-corrected chi connectivity index (χ1v) is 11.4. The second-order valence-electron chi connectivity index (χ2n) is 8.15. The quantitative estimate of drug-likeness (QED) is 0.469. The molecule has 8 nitrogen and oxygen atoms in total. The van der Waals surface area contributed by atoms with E-state index in [0.717, 1.165) is 38.7 Å². The maximum Gasteiger partial charge on any atom is 0.234 e. The molecule has 9 heteroatoms. The summed E-state index contributed by atoms with van der Waals surface area (Å²) >= 11 is 0. The summed E-state index contributed by atoms with van der Waals surface area (Å²) in [5.74, 6) is 0.833. The van der Waals surface area contributed by atoms with E-state index in [9.17, 15) is 13.2 Å². The van der Waals surface area contributed by atoms with E-state index in [2.05, 4.69) is 25.4 Å². The third kappa shape index (κ3) is 8.04. The summed E-state index contributed by atoms with van der Waals surface area (Å²) < 4.78 is 23.7. The highest BCUT2D eigenvalue weighted by Gasteiger charge is 2.28. The fraction of sp³-hybridized carbons (Fsp3) is 0.889. The number of guanidine groups is 1. The Hall–Kier alpha value is -1.35. The SMILES string of the molecule is CCNC(=NCCS(=O)(=O)C(C)(C)C)N1CCN(CC(=O)NC(C)C)CC1. The van der Waals surface area contributed by atoms with Crippen LogP contribution in [0.1, 0.15) is 41.5 Å². The van der Waals surface area contributed by atoms with Gasteiger partial charge in [-0.25, -0.2) is 8.42 Å². The topological polar surface area (TPSA) is 94.1 Å². The fourth-order valence-electron chi connectivity index (χ4n) is 2.69. The lowest BCUT2D eigenvalue weighted by atomic mass is 10.3. The van der Waals surface area contributed by atoms with Crippen LogP contribution in [0.3, 0.4) is 0 Å². The molecule has 0 aromatic carbocycles. The van der Waals surface area contributed by atoms with Gasteiger partial charge < -0.3 is 15.5 Å². The summed E-state index contributed by atoms with van der Waals surface area (Å²) in [5.41, 5.74) is 0. The predicted molar refractivity (Wildman–Crippen MR) is 111 cm³/mol. The third-order valence-electron chi connectivity index (χ3n) is 4.38. The Labute approximate surface area is 164 Å². The van der Waals surface area contributed by atoms with Crippen molar-refractivity contribution in [2.24, 2.45) is 4.99 Å². The van der Waals surface area contributed by atoms with Gasteiger partial charge in [-0.2, -0.15) is 0 Å². The molecule has 0 saturated carbocycles. The van der Waals surface area contributed by atoms with Gasteiger partial charge in [0.1, 0.15) is 0 Å². The summed E-state index contributed by atoms with van der Waals surface area (Å²) in [7, 11) is -3.18. The van der Waals surface area contributed by atoms with Crippen molar-refractivity contribution >= 4 is 21.7 Å². The molecular formula is C18H37N5O3S. The van der Waals surface area contributed by atoms with Crippen LogP contribution in [0.4, 0.5) is 0 Å². The van der Waals surface area contributed by atoms with E-state index in [1.54, 1.807) is 20.8 Å². The largest absolute Gasteiger partial charge is 0.357 e. The second kappa shape index (κ2) is 10.3. The van der Waals surface area contributed by atoms with E-state index >= 15 is 0 Å². The van der Waals surface area contributed by atoms with Crippen molar-refractivity contribution in [3.05, 3.63) is 0 Å². The lowest BCUT2D eigenvalue weighted by Gasteiger charge is -2.36. The molecule has 158 valence electrons. The van der Waals surface area contributed by atoms with E-state index in [1.165, 1.54) is 0 Å². The Morgan fingerprint density at radius 2 is 1.74 bits per heavy atom. The van der Waals surface area contributed by atoms with Crippen molar-refractivity contribution in [2.45, 2.75) is 52.3 Å². The van der Waals surface area contributed by atoms with Gasteiger partial charge in [0.15, 0.2) is 15.8 Å². The van der Waals surface area contributed by atoms with Crippen molar-refractivity contribution < 1.29 is 13.2 Å². The zero-order chi connectivity index (χ0) is 20.7. The standard InChI is InChI=1S/C18H37N5O3S/c1-7-19-17(20-8-13-27(25,26)18(4,5)6)23-11-9-22(10-12-23)14-16(24)21-15(2)3/h15H,7-14H2,1-6H3,(H,19,20)(H,21,24). The summed E-state index contributed by atoms with van der Waals surface area (Å²) in [6, 6.07) is 0.149. The number of rotatable bonds is 7. The Balaban J connectivity index is 2.58. The molecule has 0 aliphatic carbocycles. The first-order valence-electron chi connectivity index (χ1n) is 9.73. The van der Waals surface area contributed by atoms with E-state index in [-0.39, 0.29) is 24.2 Å². The Bertz CT molecular complexity index is 603. The van der Waals surface area contributed by atoms with Crippen LogP contribution < -0.4 is 10.6 Å². The van der Waals surface area contributed by atoms with E-state index in [4.69, 9.17) is 0 Å². The zero-order valence-electron chi connectivity index (χ0n) is 17.7. The first-order chi connectivity index (χ1) is 12.5. The number of nitrogens with zero attached hydrogens (tertiary/aromatic N) is 3. The van der Waals surface area contributed by atoms with Gasteiger partial charge in [-0.05, 0) is 41.5 Å². The molecule has 1 heterocycles. The lowest BCUT2D eigenvalue weighted by molar-refractivity contribution is -0.123. The predicted octanol–water partition coefficient (Wildman–Crippen LogP) is 0.307. The lowest BCUT2D eigenvalue weighted by Crippen LogP contribution is -2.54. The van der Waals surface area contributed by atoms with E-state index in [0.29, 0.717) is 6.54 Å². The van der Waals surface area contributed by atoms with E-state index < -0.39 is 14.6 Å². The molecule has 0 atom stereocenters. The number of aliphatic imine (C=N–C) groups is 1. The van der Waals surface area contributed by atoms with Gasteiger partial charge in [0.2, 0.25) is 5.91 Å². The van der Waals surface area contributed by atoms with Crippen LogP contribution in [0, 0.1) is 0 Å². The summed E-state index contributed by atoms with van der Waals surface area (Å²) in [4.78, 5) is 20.7. The van der Waals surface area contributed by atoms with Crippen LogP contribution in [0.15, 0.2) is 4.99 Å². The monoisotopic (exact) mass is 403 g/mol. The molecule has 0 bridgehead atoms. The Morgan fingerprint density at radius 3 is 2.22 bits per heavy atom. The van der Waals surface area contributed by atoms with Gasteiger partial charge in [0.05, 0.1) is 23.6 Å². The third-order valence-corrected chi connectivity index (χ3v) is 6.96. The number of amides is 1. The molecule has 0 aromatic heterocycles. The molecule has 0 aromatic rings. The molecule has 1 amide bonds. The Morgan fingerprint density at radius 1 is 1.15 bits per heavy atom. The smallest absolute Gasteiger partial charge is 0.234 e. The highest BCUT2D eigenvalue weighted by atomic mass is 32.2. The van der Waals surface area contributed by atoms with Crippen LogP contribution in [-0.2, 0) is 14.6 Å². The van der Waals surface area contributed by atoms with Gasteiger partial charge in [-0.15, -0.1) is 0 Å². The summed E-state index contributed by atoms with van der Waals surface area (Å²) in [6.07, 6.45) is 0. The van der Waals surface area contributed by atoms with Crippen molar-refractivity contribution in [2.75, 3.05) is 51.6 Å². The number of hydrogen-bond donors (Lipinski definition) is 2. The maximum absolute atomic E-state index is 12.2. The number of sulfone groups is 1. The molecule has 0 spiro atoms. The average Bonchev–Trinajstić information content (AvgIpc) is 2.53. The number of piperazine rings is 1. The molecule has 1 aliphatic rings. The Kier molecular flexibility index (Phi) is 9.01. The van der Waals surface area contributed by atoms with Crippen LogP contribution >= 0.6 is 0 Å². The normalized spacial score (nSPS) is 17.3. The minimum absolute atomic E-state index is 0.0424. The second-order valence-corrected chi connectivity index (χ2v) is 11.0. The molecule has 1 saturated heterocycles. The highest BCUT2D eigenvalue weighted by Crippen LogP contribution is 2.15. The summed E-state index contributed by atoms with van der Waals surface area (Å²) in [5, 5.41) is 6.15. The molecule has 2 N–H and O–H groups in total. The molecule has 0 unspecified atom stereocenters. The van der Waals surface area contributed by atoms with Gasteiger partial charge in [-0.1, -0.05) is 0 Å². The first kappa shape index (κ1) is 23.7. The average molecular weight is 404 g/mol. The van der Waals surface area contributed by atoms with Crippen LogP contribution in [0.25, 0.3) is 0 Å². The van der Waals surface area contributed by atoms with Crippen LogP contribution in [0.5, 0.6) is 0 Å². The molecule has 27 heavy (non-hydrogen) atoms. The summed E-state index contributed by atoms with van der Waals surface area (Å²) in [6.45, 7) is 15.5. The van der Waals surface area contributed by atoms with E-state index in [1.807, 2.05) is 20.8 Å². The number of carbonyl (C=O) groups is 1. The van der Waals surface area contributed by atoms with Gasteiger partial charge in [0.25, 0.3) is 0 Å². The van der Waals surface area contributed by atoms with Crippen molar-refractivity contribution in [1.29, 1.82) is 0 Å². The van der Waals surface area contributed by atoms with Gasteiger partial charge in [-0.3, -0.25) is 14.7 Å². The van der Waals surface area contributed by atoms with Crippen molar-refractivity contribution in [3.63, 3.8) is 0 Å². The molecule has 1 rings (SSSR count). The maximum atomic E-state index is 12.2. The highest BCUT2D eigenvalue weighted by molar-refractivity contribution is 7.92. The van der Waals surface area contributed by atoms with Gasteiger partial charge >= 0.3 is 0 Å². The van der Waals surface area contributed by atoms with Crippen LogP contribution in [-0.4, -0.2) is 92.4 Å². The molecular weight excluding hydrogens is 366 g/mol. The zero-order valence-corrected chi connectivity index (χ0v) is 18.5. The number of carbonyl (C=O) groups excluding carboxylic acids is 1. The van der Waals surface area contributed by atoms with Crippen molar-refractivity contribution in [1.82, 2.24) is 20.4 Å². The minimum Gasteiger partial charge on any atom is -0.357 e. The van der Waals surface area contributed by atoms with Crippen molar-refractivity contribution in [3.8, 4) is 0 Å². The van der Waals surface area contributed by atoms with Crippen LogP contribution in [0.2, 0.25) is 0 Å². The minimum atomic E-state index is -3.18. The number of hydrogen-bond acceptors (Lipinski definition) is 5. The fourth-order valence-corrected chi connectivity index (χ4v) is 3.64. The molecule has 1 aliphatic heterocycles. The number of nitrogens with one attached hydrogen (secondary N) is 2. The van der Waals surface area contributed by atoms with Gasteiger partial charge in [0, 0.05) is 38.8 Å². The molecule has 0 radical (unpaired) electrons.